The highest BCUT2D eigenvalue weighted by atomic mass is 16.6. The molecule has 1 amide bonds. The van der Waals surface area contributed by atoms with Crippen LogP contribution in [-0.2, 0) is 4.79 Å². The van der Waals surface area contributed by atoms with Gasteiger partial charge in [-0.1, -0.05) is 32.1 Å². The maximum Gasteiger partial charge on any atom is 0.254 e. The Kier molecular flexibility index (Phi) is 5.58. The first-order chi connectivity index (χ1) is 11.6. The summed E-state index contributed by atoms with van der Waals surface area (Å²) >= 11 is 0. The Labute approximate surface area is 142 Å². The van der Waals surface area contributed by atoms with Gasteiger partial charge in [0.15, 0.2) is 11.5 Å². The number of hydrogen-bond acceptors (Lipinski definition) is 5. The third-order valence-corrected chi connectivity index (χ3v) is 4.81. The fraction of sp³-hybridized carbons (Fsp3) is 0.611. The van der Waals surface area contributed by atoms with Crippen molar-refractivity contribution in [3.63, 3.8) is 0 Å². The number of amides is 1. The van der Waals surface area contributed by atoms with E-state index in [-0.39, 0.29) is 0 Å². The minimum absolute atomic E-state index is 0.477. The molecule has 0 bridgehead atoms. The molecule has 1 aromatic carbocycles. The number of aliphatic hydroxyl groups excluding tert-OH is 1. The number of benzene rings is 1. The summed E-state index contributed by atoms with van der Waals surface area (Å²) < 4.78 is 10.9. The molecule has 0 spiro atoms. The number of ether oxygens (including phenoxy) is 2. The second-order valence-corrected chi connectivity index (χ2v) is 6.70. The minimum Gasteiger partial charge on any atom is -0.486 e. The van der Waals surface area contributed by atoms with Gasteiger partial charge in [-0.05, 0) is 24.5 Å². The normalized spacial score (nSPS) is 20.2. The quantitative estimate of drug-likeness (QED) is 0.766. The Morgan fingerprint density at radius 2 is 1.92 bits per heavy atom. The van der Waals surface area contributed by atoms with Crippen LogP contribution in [0.3, 0.4) is 0 Å². The van der Waals surface area contributed by atoms with Crippen molar-refractivity contribution >= 4 is 11.6 Å². The van der Waals surface area contributed by atoms with E-state index in [9.17, 15) is 9.90 Å². The van der Waals surface area contributed by atoms with Crippen molar-refractivity contribution in [1.82, 2.24) is 0 Å². The van der Waals surface area contributed by atoms with Crippen LogP contribution in [0, 0.1) is 5.92 Å². The summed E-state index contributed by atoms with van der Waals surface area (Å²) in [7, 11) is 0. The number of fused-ring (bicyclic) bond motifs is 1. The van der Waals surface area contributed by atoms with Gasteiger partial charge < -0.3 is 25.6 Å². The molecule has 24 heavy (non-hydrogen) atoms. The van der Waals surface area contributed by atoms with E-state index in [4.69, 9.17) is 15.2 Å². The van der Waals surface area contributed by atoms with E-state index < -0.39 is 18.1 Å². The van der Waals surface area contributed by atoms with Crippen LogP contribution in [0.5, 0.6) is 11.5 Å². The molecule has 6 heteroatoms. The van der Waals surface area contributed by atoms with Crippen LogP contribution in [0.15, 0.2) is 18.2 Å². The van der Waals surface area contributed by atoms with Crippen LogP contribution in [0.2, 0.25) is 0 Å². The van der Waals surface area contributed by atoms with Crippen molar-refractivity contribution in [2.24, 2.45) is 11.7 Å². The van der Waals surface area contributed by atoms with Gasteiger partial charge in [-0.3, -0.25) is 4.79 Å². The zero-order valence-electron chi connectivity index (χ0n) is 13.9. The molecule has 4 N–H and O–H groups in total. The molecule has 1 aliphatic carbocycles. The number of nitrogens with two attached hydrogens (primary N) is 1. The van der Waals surface area contributed by atoms with Gasteiger partial charge in [-0.25, -0.2) is 0 Å². The molecule has 1 heterocycles. The zero-order valence-corrected chi connectivity index (χ0v) is 13.9. The van der Waals surface area contributed by atoms with Gasteiger partial charge in [0.1, 0.15) is 19.3 Å². The van der Waals surface area contributed by atoms with Gasteiger partial charge >= 0.3 is 0 Å². The van der Waals surface area contributed by atoms with Crippen molar-refractivity contribution in [2.75, 3.05) is 18.5 Å². The number of nitrogens with one attached hydrogen (secondary N) is 1. The Balaban J connectivity index is 1.55. The SMILES string of the molecule is N[C@H](CC1CCCCC1)C(O)C(=O)Nc1ccc2c(c1)OCCO2. The van der Waals surface area contributed by atoms with Crippen LogP contribution >= 0.6 is 0 Å². The first-order valence-corrected chi connectivity index (χ1v) is 8.77. The molecule has 3 rings (SSSR count). The van der Waals surface area contributed by atoms with Crippen molar-refractivity contribution in [3.05, 3.63) is 18.2 Å². The summed E-state index contributed by atoms with van der Waals surface area (Å²) in [6.45, 7) is 1.01. The monoisotopic (exact) mass is 334 g/mol. The van der Waals surface area contributed by atoms with Gasteiger partial charge in [0, 0.05) is 17.8 Å². The summed E-state index contributed by atoms with van der Waals surface area (Å²) in [5, 5.41) is 12.9. The number of hydrogen-bond donors (Lipinski definition) is 3. The lowest BCUT2D eigenvalue weighted by Crippen LogP contribution is -2.44. The largest absolute Gasteiger partial charge is 0.486 e. The fourth-order valence-corrected chi connectivity index (χ4v) is 3.47. The lowest BCUT2D eigenvalue weighted by molar-refractivity contribution is -0.125. The van der Waals surface area contributed by atoms with Crippen LogP contribution in [0.4, 0.5) is 5.69 Å². The Hall–Kier alpha value is -1.79. The van der Waals surface area contributed by atoms with E-state index in [0.29, 0.717) is 42.7 Å². The lowest BCUT2D eigenvalue weighted by Gasteiger charge is -2.26. The number of carbonyl (C=O) groups is 1. The van der Waals surface area contributed by atoms with Gasteiger partial charge in [-0.15, -0.1) is 0 Å². The smallest absolute Gasteiger partial charge is 0.254 e. The molecule has 1 aromatic rings. The molecule has 132 valence electrons. The fourth-order valence-electron chi connectivity index (χ4n) is 3.47. The average Bonchev–Trinajstić information content (AvgIpc) is 2.61. The molecule has 0 saturated heterocycles. The maximum atomic E-state index is 12.3. The van der Waals surface area contributed by atoms with Gasteiger partial charge in [-0.2, -0.15) is 0 Å². The number of rotatable bonds is 5. The van der Waals surface area contributed by atoms with E-state index in [0.717, 1.165) is 12.8 Å². The summed E-state index contributed by atoms with van der Waals surface area (Å²) in [5.41, 5.74) is 6.62. The number of carbonyl (C=O) groups excluding carboxylic acids is 1. The summed E-state index contributed by atoms with van der Waals surface area (Å²) in [6.07, 6.45) is 5.48. The van der Waals surface area contributed by atoms with Crippen LogP contribution in [0.1, 0.15) is 38.5 Å². The van der Waals surface area contributed by atoms with E-state index in [1.54, 1.807) is 18.2 Å². The molecule has 2 atom stereocenters. The third kappa shape index (κ3) is 4.19. The Bertz CT molecular complexity index is 572. The second-order valence-electron chi connectivity index (χ2n) is 6.70. The molecule has 0 radical (unpaired) electrons. The van der Waals surface area contributed by atoms with Crippen molar-refractivity contribution in [3.8, 4) is 11.5 Å². The zero-order chi connectivity index (χ0) is 16.9. The molecule has 0 aromatic heterocycles. The highest BCUT2D eigenvalue weighted by molar-refractivity contribution is 5.94. The maximum absolute atomic E-state index is 12.3. The number of aliphatic hydroxyl groups is 1. The van der Waals surface area contributed by atoms with Crippen LogP contribution in [0.25, 0.3) is 0 Å². The molecule has 6 nitrogen and oxygen atoms in total. The molecule has 2 aliphatic rings. The molecule has 1 fully saturated rings. The first kappa shape index (κ1) is 17.0. The highest BCUT2D eigenvalue weighted by Gasteiger charge is 2.27. The van der Waals surface area contributed by atoms with Gasteiger partial charge in [0.2, 0.25) is 0 Å². The predicted octanol–water partition coefficient (Wildman–Crippen LogP) is 2.05. The van der Waals surface area contributed by atoms with Crippen molar-refractivity contribution in [1.29, 1.82) is 0 Å². The molecular formula is C18H26N2O4. The van der Waals surface area contributed by atoms with E-state index in [1.165, 1.54) is 19.3 Å². The molecule has 1 saturated carbocycles. The van der Waals surface area contributed by atoms with Crippen LogP contribution in [-0.4, -0.2) is 36.4 Å². The van der Waals surface area contributed by atoms with Crippen molar-refractivity contribution in [2.45, 2.75) is 50.7 Å². The summed E-state index contributed by atoms with van der Waals surface area (Å²) in [6, 6.07) is 4.64. The molecule has 1 aliphatic heterocycles. The highest BCUT2D eigenvalue weighted by Crippen LogP contribution is 2.32. The van der Waals surface area contributed by atoms with E-state index in [1.807, 2.05) is 0 Å². The predicted molar refractivity (Wildman–Crippen MR) is 91.2 cm³/mol. The van der Waals surface area contributed by atoms with E-state index >= 15 is 0 Å². The molecule has 1 unspecified atom stereocenters. The number of anilines is 1. The second kappa shape index (κ2) is 7.85. The van der Waals surface area contributed by atoms with E-state index in [2.05, 4.69) is 5.32 Å². The summed E-state index contributed by atoms with van der Waals surface area (Å²) in [4.78, 5) is 12.3. The topological polar surface area (TPSA) is 93.8 Å². The van der Waals surface area contributed by atoms with Crippen LogP contribution < -0.4 is 20.5 Å². The van der Waals surface area contributed by atoms with Gasteiger partial charge in [0.25, 0.3) is 5.91 Å². The average molecular weight is 334 g/mol. The van der Waals surface area contributed by atoms with Gasteiger partial charge in [0.05, 0.1) is 0 Å². The Morgan fingerprint density at radius 3 is 2.67 bits per heavy atom. The Morgan fingerprint density at radius 1 is 1.21 bits per heavy atom. The standard InChI is InChI=1S/C18H26N2O4/c19-14(10-12-4-2-1-3-5-12)17(21)18(22)20-13-6-7-15-16(11-13)24-9-8-23-15/h6-7,11-12,14,17,21H,1-5,8-10,19H2,(H,20,22)/t14-,17?/m1/s1. The third-order valence-electron chi connectivity index (χ3n) is 4.81. The lowest BCUT2D eigenvalue weighted by atomic mass is 9.84. The first-order valence-electron chi connectivity index (χ1n) is 8.77. The minimum atomic E-state index is -1.21. The summed E-state index contributed by atoms with van der Waals surface area (Å²) in [5.74, 6) is 1.30. The molecular weight excluding hydrogens is 308 g/mol. The van der Waals surface area contributed by atoms with Crippen molar-refractivity contribution < 1.29 is 19.4 Å².